The van der Waals surface area contributed by atoms with E-state index in [0.29, 0.717) is 0 Å². The maximum atomic E-state index is 13.8. The summed E-state index contributed by atoms with van der Waals surface area (Å²) in [7, 11) is 0. The minimum absolute atomic E-state index is 0.0292. The van der Waals surface area contributed by atoms with Gasteiger partial charge in [0.15, 0.2) is 5.76 Å². The number of hydrogen-bond acceptors (Lipinski definition) is 4. The molecular formula is C18H17FN4O3. The number of aromatic nitrogens is 2. The Hall–Kier alpha value is -3.42. The molecule has 2 amide bonds. The second kappa shape index (κ2) is 7.22. The van der Waals surface area contributed by atoms with E-state index in [1.165, 1.54) is 22.9 Å². The van der Waals surface area contributed by atoms with Gasteiger partial charge in [0.05, 0.1) is 11.3 Å². The Kier molecular flexibility index (Phi) is 4.83. The first-order chi connectivity index (χ1) is 12.4. The van der Waals surface area contributed by atoms with E-state index < -0.39 is 17.6 Å². The highest BCUT2D eigenvalue weighted by molar-refractivity contribution is 5.93. The van der Waals surface area contributed by atoms with Crippen molar-refractivity contribution in [1.29, 1.82) is 0 Å². The van der Waals surface area contributed by atoms with Crippen LogP contribution in [-0.2, 0) is 11.3 Å². The lowest BCUT2D eigenvalue weighted by molar-refractivity contribution is -0.122. The molecule has 3 rings (SSSR count). The van der Waals surface area contributed by atoms with Crippen molar-refractivity contribution in [1.82, 2.24) is 20.6 Å². The number of aryl methyl sites for hydroxylation is 2. The van der Waals surface area contributed by atoms with Crippen LogP contribution in [0.1, 0.15) is 21.9 Å². The van der Waals surface area contributed by atoms with Gasteiger partial charge in [0, 0.05) is 5.69 Å². The zero-order valence-electron chi connectivity index (χ0n) is 14.2. The molecular weight excluding hydrogens is 339 g/mol. The molecule has 0 aliphatic carbocycles. The van der Waals surface area contributed by atoms with Gasteiger partial charge in [0.1, 0.15) is 18.1 Å². The third-order valence-electron chi connectivity index (χ3n) is 3.68. The van der Waals surface area contributed by atoms with Crippen LogP contribution in [-0.4, -0.2) is 21.6 Å². The molecule has 0 fully saturated rings. The minimum atomic E-state index is -0.644. The molecule has 0 radical (unpaired) electrons. The fourth-order valence-corrected chi connectivity index (χ4v) is 2.46. The summed E-state index contributed by atoms with van der Waals surface area (Å²) < 4.78 is 20.6. The van der Waals surface area contributed by atoms with Crippen molar-refractivity contribution in [2.45, 2.75) is 20.4 Å². The number of hydrogen-bond donors (Lipinski definition) is 2. The first kappa shape index (κ1) is 17.4. The largest absolute Gasteiger partial charge is 0.451 e. The fraction of sp³-hybridized carbons (Fsp3) is 0.167. The number of carbonyl (C=O) groups excluding carboxylic acids is 2. The second-order valence-corrected chi connectivity index (χ2v) is 5.73. The Balaban J connectivity index is 1.59. The minimum Gasteiger partial charge on any atom is -0.451 e. The van der Waals surface area contributed by atoms with Crippen molar-refractivity contribution < 1.29 is 18.4 Å². The Labute approximate surface area is 148 Å². The standard InChI is InChI=1S/C18H17FN4O3/c1-11-9-12(2)23(22-11)10-17(24)20-21-18(25)16-8-7-15(26-16)13-5-3-4-6-14(13)19/h3-9H,10H2,1-2H3,(H,20,24)(H,21,25). The van der Waals surface area contributed by atoms with Gasteiger partial charge in [-0.1, -0.05) is 12.1 Å². The van der Waals surface area contributed by atoms with Gasteiger partial charge in [-0.3, -0.25) is 25.1 Å². The molecule has 3 aromatic rings. The van der Waals surface area contributed by atoms with Crippen LogP contribution in [0.15, 0.2) is 46.9 Å². The zero-order chi connectivity index (χ0) is 18.7. The van der Waals surface area contributed by atoms with Crippen molar-refractivity contribution in [3.63, 3.8) is 0 Å². The van der Waals surface area contributed by atoms with E-state index >= 15 is 0 Å². The van der Waals surface area contributed by atoms with Gasteiger partial charge in [0.25, 0.3) is 5.91 Å². The lowest BCUT2D eigenvalue weighted by Gasteiger charge is -2.07. The third kappa shape index (κ3) is 3.80. The topological polar surface area (TPSA) is 89.2 Å². The summed E-state index contributed by atoms with van der Waals surface area (Å²) in [6.07, 6.45) is 0. The number of furan rings is 1. The first-order valence-corrected chi connectivity index (χ1v) is 7.89. The summed E-state index contributed by atoms with van der Waals surface area (Å²) in [4.78, 5) is 24.0. The summed E-state index contributed by atoms with van der Waals surface area (Å²) >= 11 is 0. The average molecular weight is 356 g/mol. The smallest absolute Gasteiger partial charge is 0.305 e. The van der Waals surface area contributed by atoms with Gasteiger partial charge in [-0.15, -0.1) is 0 Å². The molecule has 0 spiro atoms. The molecule has 2 N–H and O–H groups in total. The summed E-state index contributed by atoms with van der Waals surface area (Å²) in [6, 6.07) is 10.8. The number of amides is 2. The molecule has 0 atom stereocenters. The quantitative estimate of drug-likeness (QED) is 0.703. The maximum absolute atomic E-state index is 13.8. The van der Waals surface area contributed by atoms with Gasteiger partial charge >= 0.3 is 5.91 Å². The molecule has 2 heterocycles. The van der Waals surface area contributed by atoms with E-state index in [1.807, 2.05) is 19.9 Å². The third-order valence-corrected chi connectivity index (χ3v) is 3.68. The highest BCUT2D eigenvalue weighted by Gasteiger charge is 2.15. The van der Waals surface area contributed by atoms with E-state index in [9.17, 15) is 14.0 Å². The van der Waals surface area contributed by atoms with Gasteiger partial charge in [-0.05, 0) is 44.2 Å². The number of hydrazine groups is 1. The van der Waals surface area contributed by atoms with Crippen LogP contribution < -0.4 is 10.9 Å². The molecule has 0 saturated heterocycles. The summed E-state index contributed by atoms with van der Waals surface area (Å²) in [5.41, 5.74) is 6.44. The second-order valence-electron chi connectivity index (χ2n) is 5.73. The van der Waals surface area contributed by atoms with E-state index in [1.54, 1.807) is 18.2 Å². The predicted octanol–water partition coefficient (Wildman–Crippen LogP) is 2.36. The first-order valence-electron chi connectivity index (χ1n) is 7.89. The monoisotopic (exact) mass is 356 g/mol. The Morgan fingerprint density at radius 3 is 2.62 bits per heavy atom. The van der Waals surface area contributed by atoms with Crippen LogP contribution in [0, 0.1) is 19.7 Å². The molecule has 0 bridgehead atoms. The number of halogens is 1. The molecule has 0 aliphatic heterocycles. The van der Waals surface area contributed by atoms with E-state index in [-0.39, 0.29) is 23.6 Å². The molecule has 8 heteroatoms. The van der Waals surface area contributed by atoms with Crippen LogP contribution in [0.4, 0.5) is 4.39 Å². The maximum Gasteiger partial charge on any atom is 0.305 e. The number of carbonyl (C=O) groups is 2. The highest BCUT2D eigenvalue weighted by Crippen LogP contribution is 2.24. The highest BCUT2D eigenvalue weighted by atomic mass is 19.1. The van der Waals surface area contributed by atoms with Crippen molar-refractivity contribution in [3.8, 4) is 11.3 Å². The Morgan fingerprint density at radius 1 is 1.15 bits per heavy atom. The van der Waals surface area contributed by atoms with Crippen LogP contribution in [0.25, 0.3) is 11.3 Å². The van der Waals surface area contributed by atoms with E-state index in [0.717, 1.165) is 11.4 Å². The molecule has 0 unspecified atom stereocenters. The van der Waals surface area contributed by atoms with Crippen LogP contribution in [0.3, 0.4) is 0 Å². The van der Waals surface area contributed by atoms with Crippen LogP contribution >= 0.6 is 0 Å². The summed E-state index contributed by atoms with van der Waals surface area (Å²) in [5, 5.41) is 4.17. The molecule has 0 saturated carbocycles. The van der Waals surface area contributed by atoms with Gasteiger partial charge in [0.2, 0.25) is 0 Å². The molecule has 1 aromatic carbocycles. The lowest BCUT2D eigenvalue weighted by atomic mass is 10.1. The number of nitrogens with zero attached hydrogens (tertiary/aromatic N) is 2. The SMILES string of the molecule is Cc1cc(C)n(CC(=O)NNC(=O)c2ccc(-c3ccccc3F)o2)n1. The molecule has 0 aliphatic rings. The van der Waals surface area contributed by atoms with Crippen LogP contribution in [0.5, 0.6) is 0 Å². The fourth-order valence-electron chi connectivity index (χ4n) is 2.46. The number of benzene rings is 1. The molecule has 134 valence electrons. The molecule has 7 nitrogen and oxygen atoms in total. The van der Waals surface area contributed by atoms with Crippen molar-refractivity contribution in [2.24, 2.45) is 0 Å². The lowest BCUT2D eigenvalue weighted by Crippen LogP contribution is -2.43. The van der Waals surface area contributed by atoms with Crippen molar-refractivity contribution >= 4 is 11.8 Å². The molecule has 26 heavy (non-hydrogen) atoms. The Morgan fingerprint density at radius 2 is 1.92 bits per heavy atom. The van der Waals surface area contributed by atoms with Crippen molar-refractivity contribution in [3.05, 3.63) is 65.4 Å². The normalized spacial score (nSPS) is 10.6. The van der Waals surface area contributed by atoms with Gasteiger partial charge < -0.3 is 4.42 Å². The van der Waals surface area contributed by atoms with E-state index in [4.69, 9.17) is 4.42 Å². The molecule has 2 aromatic heterocycles. The summed E-state index contributed by atoms with van der Waals surface area (Å²) in [5.74, 6) is -1.36. The Bertz CT molecular complexity index is 961. The zero-order valence-corrected chi connectivity index (χ0v) is 14.2. The van der Waals surface area contributed by atoms with Crippen molar-refractivity contribution in [2.75, 3.05) is 0 Å². The van der Waals surface area contributed by atoms with E-state index in [2.05, 4.69) is 16.0 Å². The van der Waals surface area contributed by atoms with Crippen LogP contribution in [0.2, 0.25) is 0 Å². The van der Waals surface area contributed by atoms with Gasteiger partial charge in [-0.2, -0.15) is 5.10 Å². The summed E-state index contributed by atoms with van der Waals surface area (Å²) in [6.45, 7) is 3.63. The predicted molar refractivity (Wildman–Crippen MR) is 91.4 cm³/mol. The van der Waals surface area contributed by atoms with Gasteiger partial charge in [-0.25, -0.2) is 4.39 Å². The number of nitrogens with one attached hydrogen (secondary N) is 2. The average Bonchev–Trinajstić information content (AvgIpc) is 3.20. The number of rotatable bonds is 4.